The lowest BCUT2D eigenvalue weighted by molar-refractivity contribution is 0.0339. The van der Waals surface area contributed by atoms with Gasteiger partial charge in [0.1, 0.15) is 0 Å². The van der Waals surface area contributed by atoms with Gasteiger partial charge in [0.2, 0.25) is 0 Å². The van der Waals surface area contributed by atoms with Gasteiger partial charge in [-0.05, 0) is 49.5 Å². The Bertz CT molecular complexity index is 380. The van der Waals surface area contributed by atoms with E-state index in [-0.39, 0.29) is 0 Å². The van der Waals surface area contributed by atoms with E-state index in [1.54, 1.807) is 0 Å². The minimum atomic E-state index is -0.609. The highest BCUT2D eigenvalue weighted by Crippen LogP contribution is 2.37. The van der Waals surface area contributed by atoms with Crippen LogP contribution in [0.3, 0.4) is 0 Å². The van der Waals surface area contributed by atoms with Crippen molar-refractivity contribution in [3.63, 3.8) is 0 Å². The molecule has 2 nitrogen and oxygen atoms in total. The molecule has 2 N–H and O–H groups in total. The van der Waals surface area contributed by atoms with Crippen LogP contribution in [-0.2, 0) is 0 Å². The van der Waals surface area contributed by atoms with Crippen molar-refractivity contribution >= 4 is 11.3 Å². The Hall–Kier alpha value is -0.380. The average molecular weight is 295 g/mol. The number of thiophene rings is 1. The molecular formula is C17H29NOS. The van der Waals surface area contributed by atoms with Gasteiger partial charge < -0.3 is 10.4 Å². The molecule has 0 aliphatic heterocycles. The minimum Gasteiger partial charge on any atom is -0.389 e. The van der Waals surface area contributed by atoms with Crippen LogP contribution in [0.1, 0.15) is 63.8 Å². The van der Waals surface area contributed by atoms with Crippen LogP contribution in [0.2, 0.25) is 0 Å². The van der Waals surface area contributed by atoms with E-state index < -0.39 is 5.60 Å². The molecule has 114 valence electrons. The molecular weight excluding hydrogens is 266 g/mol. The minimum absolute atomic E-state index is 0.427. The van der Waals surface area contributed by atoms with Crippen LogP contribution in [0.15, 0.2) is 17.5 Å². The maximum Gasteiger partial charge on any atom is 0.0746 e. The highest BCUT2D eigenvalue weighted by Gasteiger charge is 2.29. The summed E-state index contributed by atoms with van der Waals surface area (Å²) in [4.78, 5) is 1.43. The summed E-state index contributed by atoms with van der Waals surface area (Å²) in [7, 11) is 0. The fourth-order valence-electron chi connectivity index (χ4n) is 3.54. The predicted octanol–water partition coefficient (Wildman–Crippen LogP) is 4.37. The second-order valence-electron chi connectivity index (χ2n) is 7.01. The topological polar surface area (TPSA) is 32.3 Å². The monoisotopic (exact) mass is 295 g/mol. The lowest BCUT2D eigenvalue weighted by Gasteiger charge is -2.31. The van der Waals surface area contributed by atoms with Crippen molar-refractivity contribution in [3.8, 4) is 0 Å². The largest absolute Gasteiger partial charge is 0.389 e. The number of hydrogen-bond acceptors (Lipinski definition) is 3. The first kappa shape index (κ1) is 16.0. The van der Waals surface area contributed by atoms with Gasteiger partial charge in [0, 0.05) is 17.5 Å². The summed E-state index contributed by atoms with van der Waals surface area (Å²) in [5.74, 6) is 1.27. The predicted molar refractivity (Wildman–Crippen MR) is 87.1 cm³/mol. The standard InChI is InChI=1S/C17H29NOS/c1-13(2)11-17(3,19)12-18-16(14-7-4-5-8-14)15-9-6-10-20-15/h6,9-10,13-14,16,18-19H,4-5,7-8,11-12H2,1-3H3. The van der Waals surface area contributed by atoms with Crippen molar-refractivity contribution in [1.82, 2.24) is 5.32 Å². The van der Waals surface area contributed by atoms with Crippen molar-refractivity contribution in [2.24, 2.45) is 11.8 Å². The van der Waals surface area contributed by atoms with Crippen LogP contribution in [0.4, 0.5) is 0 Å². The van der Waals surface area contributed by atoms with Gasteiger partial charge in [-0.3, -0.25) is 0 Å². The summed E-state index contributed by atoms with van der Waals surface area (Å²) in [5, 5.41) is 16.3. The van der Waals surface area contributed by atoms with Gasteiger partial charge in [0.25, 0.3) is 0 Å². The second-order valence-corrected chi connectivity index (χ2v) is 7.99. The Morgan fingerprint density at radius 3 is 2.65 bits per heavy atom. The van der Waals surface area contributed by atoms with Gasteiger partial charge in [-0.25, -0.2) is 0 Å². The lowest BCUT2D eigenvalue weighted by atomic mass is 9.92. The van der Waals surface area contributed by atoms with E-state index in [9.17, 15) is 5.11 Å². The zero-order chi connectivity index (χ0) is 14.6. The van der Waals surface area contributed by atoms with E-state index in [0.717, 1.165) is 12.3 Å². The quantitative estimate of drug-likeness (QED) is 0.783. The van der Waals surface area contributed by atoms with Gasteiger partial charge in [-0.2, -0.15) is 0 Å². The molecule has 0 bridgehead atoms. The van der Waals surface area contributed by atoms with E-state index in [0.29, 0.717) is 18.5 Å². The molecule has 0 aromatic carbocycles. The van der Waals surface area contributed by atoms with E-state index in [4.69, 9.17) is 0 Å². The molecule has 2 unspecified atom stereocenters. The first-order valence-electron chi connectivity index (χ1n) is 7.97. The smallest absolute Gasteiger partial charge is 0.0746 e. The summed E-state index contributed by atoms with van der Waals surface area (Å²) in [6.45, 7) is 6.98. The van der Waals surface area contributed by atoms with Crippen molar-refractivity contribution in [1.29, 1.82) is 0 Å². The summed E-state index contributed by atoms with van der Waals surface area (Å²) < 4.78 is 0. The Labute approximate surface area is 127 Å². The third-order valence-corrected chi connectivity index (χ3v) is 5.23. The van der Waals surface area contributed by atoms with Crippen LogP contribution in [-0.4, -0.2) is 17.3 Å². The van der Waals surface area contributed by atoms with Gasteiger partial charge in [-0.15, -0.1) is 11.3 Å². The Kier molecular flexibility index (Phi) is 5.65. The number of nitrogens with one attached hydrogen (secondary N) is 1. The fourth-order valence-corrected chi connectivity index (χ4v) is 4.43. The van der Waals surface area contributed by atoms with Crippen LogP contribution >= 0.6 is 11.3 Å². The Balaban J connectivity index is 1.98. The highest BCUT2D eigenvalue weighted by atomic mass is 32.1. The summed E-state index contributed by atoms with van der Waals surface area (Å²) in [6, 6.07) is 4.80. The summed E-state index contributed by atoms with van der Waals surface area (Å²) >= 11 is 1.84. The molecule has 0 amide bonds. The molecule has 20 heavy (non-hydrogen) atoms. The molecule has 2 rings (SSSR count). The fraction of sp³-hybridized carbons (Fsp3) is 0.765. The van der Waals surface area contributed by atoms with Crippen molar-refractivity contribution in [2.75, 3.05) is 6.54 Å². The second kappa shape index (κ2) is 7.06. The van der Waals surface area contributed by atoms with Crippen LogP contribution in [0, 0.1) is 11.8 Å². The highest BCUT2D eigenvalue weighted by molar-refractivity contribution is 7.10. The van der Waals surface area contributed by atoms with Crippen LogP contribution in [0.25, 0.3) is 0 Å². The normalized spacial score (nSPS) is 21.2. The molecule has 1 heterocycles. The molecule has 0 saturated heterocycles. The van der Waals surface area contributed by atoms with E-state index in [1.165, 1.54) is 30.6 Å². The molecule has 1 saturated carbocycles. The molecule has 0 spiro atoms. The summed E-state index contributed by atoms with van der Waals surface area (Å²) in [5.41, 5.74) is -0.609. The maximum atomic E-state index is 10.5. The van der Waals surface area contributed by atoms with E-state index in [2.05, 4.69) is 36.7 Å². The van der Waals surface area contributed by atoms with Crippen LogP contribution < -0.4 is 5.32 Å². The third kappa shape index (κ3) is 4.57. The molecule has 1 aliphatic carbocycles. The number of rotatable bonds is 7. The number of aliphatic hydroxyl groups is 1. The molecule has 1 aliphatic rings. The van der Waals surface area contributed by atoms with Gasteiger partial charge >= 0.3 is 0 Å². The van der Waals surface area contributed by atoms with Gasteiger partial charge in [0.05, 0.1) is 5.60 Å². The first-order valence-corrected chi connectivity index (χ1v) is 8.85. The van der Waals surface area contributed by atoms with Crippen molar-refractivity contribution < 1.29 is 5.11 Å². The van der Waals surface area contributed by atoms with Gasteiger partial charge in [-0.1, -0.05) is 32.8 Å². The van der Waals surface area contributed by atoms with Gasteiger partial charge in [0.15, 0.2) is 0 Å². The summed E-state index contributed by atoms with van der Waals surface area (Å²) in [6.07, 6.45) is 6.21. The first-order chi connectivity index (χ1) is 9.48. The van der Waals surface area contributed by atoms with Crippen LogP contribution in [0.5, 0.6) is 0 Å². The maximum absolute atomic E-state index is 10.5. The van der Waals surface area contributed by atoms with E-state index >= 15 is 0 Å². The van der Waals surface area contributed by atoms with E-state index in [1.807, 2.05) is 18.3 Å². The average Bonchev–Trinajstić information content (AvgIpc) is 2.98. The molecule has 3 heteroatoms. The zero-order valence-corrected chi connectivity index (χ0v) is 13.9. The SMILES string of the molecule is CC(C)CC(C)(O)CNC(c1cccs1)C1CCCC1. The molecule has 1 aromatic rings. The number of hydrogen-bond donors (Lipinski definition) is 2. The van der Waals surface area contributed by atoms with Crippen molar-refractivity contribution in [2.45, 2.75) is 64.5 Å². The molecule has 1 fully saturated rings. The Morgan fingerprint density at radius 1 is 1.40 bits per heavy atom. The Morgan fingerprint density at radius 2 is 2.10 bits per heavy atom. The molecule has 2 atom stereocenters. The lowest BCUT2D eigenvalue weighted by Crippen LogP contribution is -2.41. The molecule has 1 aromatic heterocycles. The molecule has 0 radical (unpaired) electrons. The van der Waals surface area contributed by atoms with Crippen molar-refractivity contribution in [3.05, 3.63) is 22.4 Å². The third-order valence-electron chi connectivity index (χ3n) is 4.27. The zero-order valence-electron chi connectivity index (χ0n) is 13.1.